The van der Waals surface area contributed by atoms with Gasteiger partial charge >= 0.3 is 0 Å². The Balaban J connectivity index is 2.60. The van der Waals surface area contributed by atoms with Gasteiger partial charge in [-0.15, -0.1) is 0 Å². The summed E-state index contributed by atoms with van der Waals surface area (Å²) in [5, 5.41) is 0. The summed E-state index contributed by atoms with van der Waals surface area (Å²) in [6.45, 7) is 11.4. The number of fused-ring (bicyclic) bond motifs is 2. The zero-order chi connectivity index (χ0) is 10.7. The summed E-state index contributed by atoms with van der Waals surface area (Å²) in [5.41, 5.74) is 3.42. The lowest BCUT2D eigenvalue weighted by molar-refractivity contribution is -0.113. The quantitative estimate of drug-likeness (QED) is 0.460. The highest BCUT2D eigenvalue weighted by Gasteiger charge is 2.62. The van der Waals surface area contributed by atoms with E-state index >= 15 is 0 Å². The Labute approximate surface area is 86.6 Å². The molecule has 2 aliphatic carbocycles. The van der Waals surface area contributed by atoms with Crippen molar-refractivity contribution in [3.63, 3.8) is 0 Å². The van der Waals surface area contributed by atoms with Crippen LogP contribution in [0.4, 0.5) is 0 Å². The molecule has 78 valence electrons. The highest BCUT2D eigenvalue weighted by atomic mass is 16.1. The molecule has 2 rings (SSSR count). The van der Waals surface area contributed by atoms with Gasteiger partial charge in [-0.3, -0.25) is 0 Å². The second-order valence-corrected chi connectivity index (χ2v) is 5.62. The van der Waals surface area contributed by atoms with E-state index in [2.05, 4.69) is 34.6 Å². The summed E-state index contributed by atoms with van der Waals surface area (Å²) in [4.78, 5) is 11.1. The minimum atomic E-state index is 0.139. The van der Waals surface area contributed by atoms with E-state index in [1.165, 1.54) is 17.4 Å². The van der Waals surface area contributed by atoms with Crippen LogP contribution in [0.3, 0.4) is 0 Å². The van der Waals surface area contributed by atoms with Gasteiger partial charge in [-0.05, 0) is 31.6 Å². The second-order valence-electron chi connectivity index (χ2n) is 5.62. The van der Waals surface area contributed by atoms with Crippen LogP contribution in [-0.2, 0) is 4.79 Å². The molecule has 0 N–H and O–H groups in total. The van der Waals surface area contributed by atoms with Gasteiger partial charge in [0, 0.05) is 11.3 Å². The topological polar surface area (TPSA) is 17.1 Å². The number of carbonyl (C=O) groups is 1. The lowest BCUT2D eigenvalue weighted by Gasteiger charge is -2.32. The summed E-state index contributed by atoms with van der Waals surface area (Å²) in [7, 11) is 0. The Morgan fingerprint density at radius 3 is 2.21 bits per heavy atom. The Kier molecular flexibility index (Phi) is 1.78. The maximum Gasteiger partial charge on any atom is 0.123 e. The Morgan fingerprint density at radius 2 is 1.86 bits per heavy atom. The molecule has 0 heterocycles. The number of carbonyl (C=O) groups excluding carboxylic acids is 1. The van der Waals surface area contributed by atoms with Gasteiger partial charge in [0.05, 0.1) is 0 Å². The van der Waals surface area contributed by atoms with Crippen LogP contribution in [0.2, 0.25) is 0 Å². The van der Waals surface area contributed by atoms with Gasteiger partial charge in [-0.2, -0.15) is 0 Å². The molecule has 0 amide bonds. The molecular weight excluding hydrogens is 172 g/mol. The van der Waals surface area contributed by atoms with Crippen molar-refractivity contribution in [2.45, 2.75) is 41.0 Å². The number of aldehydes is 1. The van der Waals surface area contributed by atoms with Crippen LogP contribution < -0.4 is 0 Å². The van der Waals surface area contributed by atoms with Crippen molar-refractivity contribution in [3.05, 3.63) is 11.1 Å². The molecule has 14 heavy (non-hydrogen) atoms. The second kappa shape index (κ2) is 2.50. The van der Waals surface area contributed by atoms with Gasteiger partial charge in [0.2, 0.25) is 0 Å². The summed E-state index contributed by atoms with van der Waals surface area (Å²) in [6.07, 6.45) is 2.23. The molecule has 1 saturated carbocycles. The monoisotopic (exact) mass is 192 g/mol. The third kappa shape index (κ3) is 0.757. The molecule has 0 aromatic heterocycles. The normalized spacial score (nSPS) is 51.5. The molecule has 0 radical (unpaired) electrons. The van der Waals surface area contributed by atoms with Crippen LogP contribution in [0.15, 0.2) is 11.1 Å². The fourth-order valence-corrected chi connectivity index (χ4v) is 3.93. The standard InChI is InChI=1S/C13H20O/c1-8-9(2)13(5)10(3)12(8,4)6-11(13)7-14/h7,10-11H,6H2,1-5H3. The van der Waals surface area contributed by atoms with Crippen LogP contribution in [0.25, 0.3) is 0 Å². The van der Waals surface area contributed by atoms with Crippen LogP contribution in [0.5, 0.6) is 0 Å². The van der Waals surface area contributed by atoms with E-state index in [9.17, 15) is 4.79 Å². The van der Waals surface area contributed by atoms with Crippen molar-refractivity contribution in [3.8, 4) is 0 Å². The van der Waals surface area contributed by atoms with E-state index in [1.54, 1.807) is 0 Å². The minimum Gasteiger partial charge on any atom is -0.303 e. The van der Waals surface area contributed by atoms with E-state index in [4.69, 9.17) is 0 Å². The van der Waals surface area contributed by atoms with Crippen molar-refractivity contribution < 1.29 is 4.79 Å². The van der Waals surface area contributed by atoms with Gasteiger partial charge < -0.3 is 4.79 Å². The fourth-order valence-electron chi connectivity index (χ4n) is 3.93. The zero-order valence-corrected chi connectivity index (χ0v) is 9.85. The van der Waals surface area contributed by atoms with E-state index < -0.39 is 0 Å². The lowest BCUT2D eigenvalue weighted by Crippen LogP contribution is -2.28. The first kappa shape index (κ1) is 9.95. The Hall–Kier alpha value is -0.590. The third-order valence-corrected chi connectivity index (χ3v) is 5.66. The summed E-state index contributed by atoms with van der Waals surface area (Å²) < 4.78 is 0. The maximum atomic E-state index is 11.1. The highest BCUT2D eigenvalue weighted by Crippen LogP contribution is 2.69. The van der Waals surface area contributed by atoms with Gasteiger partial charge in [-0.25, -0.2) is 0 Å². The maximum absolute atomic E-state index is 11.1. The fraction of sp³-hybridized carbons (Fsp3) is 0.769. The molecule has 0 aliphatic heterocycles. The smallest absolute Gasteiger partial charge is 0.123 e. The first-order valence-electron chi connectivity index (χ1n) is 5.52. The molecule has 4 unspecified atom stereocenters. The molecule has 1 nitrogen and oxygen atoms in total. The van der Waals surface area contributed by atoms with Crippen molar-refractivity contribution in [1.29, 1.82) is 0 Å². The predicted octanol–water partition coefficient (Wildman–Crippen LogP) is 3.20. The largest absolute Gasteiger partial charge is 0.303 e. The zero-order valence-electron chi connectivity index (χ0n) is 9.85. The molecule has 1 fully saturated rings. The van der Waals surface area contributed by atoms with E-state index in [0.717, 1.165) is 6.42 Å². The predicted molar refractivity (Wildman–Crippen MR) is 57.9 cm³/mol. The summed E-state index contributed by atoms with van der Waals surface area (Å²) >= 11 is 0. The molecular formula is C13H20O. The number of hydrogen-bond acceptors (Lipinski definition) is 1. The van der Waals surface area contributed by atoms with E-state index in [1.807, 2.05) is 0 Å². The van der Waals surface area contributed by atoms with Gasteiger partial charge in [0.15, 0.2) is 0 Å². The number of allylic oxidation sites excluding steroid dienone is 2. The van der Waals surface area contributed by atoms with Crippen molar-refractivity contribution in [2.24, 2.45) is 22.7 Å². The lowest BCUT2D eigenvalue weighted by atomic mass is 9.71. The molecule has 4 atom stereocenters. The molecule has 0 spiro atoms. The molecule has 0 aromatic carbocycles. The SMILES string of the molecule is CC1=C(C)C2(C)C(C=O)CC1(C)C2C. The van der Waals surface area contributed by atoms with Gasteiger partial charge in [-0.1, -0.05) is 31.9 Å². The van der Waals surface area contributed by atoms with Crippen molar-refractivity contribution in [1.82, 2.24) is 0 Å². The molecule has 0 aromatic rings. The molecule has 1 heteroatoms. The number of rotatable bonds is 1. The minimum absolute atomic E-state index is 0.139. The average Bonchev–Trinajstić information content (AvgIpc) is 2.44. The average molecular weight is 192 g/mol. The van der Waals surface area contributed by atoms with E-state index in [-0.39, 0.29) is 16.7 Å². The van der Waals surface area contributed by atoms with Crippen LogP contribution in [0.1, 0.15) is 41.0 Å². The summed E-state index contributed by atoms with van der Waals surface area (Å²) in [5.74, 6) is 0.858. The van der Waals surface area contributed by atoms with Crippen molar-refractivity contribution >= 4 is 6.29 Å². The molecule has 2 aliphatic rings. The Bertz CT molecular complexity index is 328. The first-order chi connectivity index (χ1) is 6.39. The van der Waals surface area contributed by atoms with Gasteiger partial charge in [0.25, 0.3) is 0 Å². The third-order valence-electron chi connectivity index (χ3n) is 5.66. The van der Waals surface area contributed by atoms with Gasteiger partial charge in [0.1, 0.15) is 6.29 Å². The van der Waals surface area contributed by atoms with Crippen LogP contribution in [0, 0.1) is 22.7 Å². The van der Waals surface area contributed by atoms with Crippen molar-refractivity contribution in [2.75, 3.05) is 0 Å². The highest BCUT2D eigenvalue weighted by molar-refractivity contribution is 5.61. The molecule has 0 saturated heterocycles. The van der Waals surface area contributed by atoms with E-state index in [0.29, 0.717) is 5.92 Å². The Morgan fingerprint density at radius 1 is 1.29 bits per heavy atom. The van der Waals surface area contributed by atoms with Crippen LogP contribution in [-0.4, -0.2) is 6.29 Å². The summed E-state index contributed by atoms with van der Waals surface area (Å²) in [6, 6.07) is 0. The number of hydrogen-bond donors (Lipinski definition) is 0. The molecule has 2 bridgehead atoms. The van der Waals surface area contributed by atoms with Crippen LogP contribution >= 0.6 is 0 Å². The first-order valence-corrected chi connectivity index (χ1v) is 5.52.